The first-order valence-corrected chi connectivity index (χ1v) is 11.9. The number of nitrogens with zero attached hydrogens (tertiary/aromatic N) is 3. The van der Waals surface area contributed by atoms with Crippen molar-refractivity contribution in [1.82, 2.24) is 15.5 Å². The Hall–Kier alpha value is -1.55. The van der Waals surface area contributed by atoms with E-state index in [1.165, 1.54) is 24.1 Å². The molecule has 2 aliphatic rings. The summed E-state index contributed by atoms with van der Waals surface area (Å²) in [6.45, 7) is 8.47. The van der Waals surface area contributed by atoms with Gasteiger partial charge in [-0.05, 0) is 82.8 Å². The molecule has 0 saturated carbocycles. The SMILES string of the molecule is CN=C(NCCCCN1CCC(C(N)=O)CC1)NC(C)c1cccc(N2CCCC2)c1.I. The number of rotatable bonds is 9. The molecule has 180 valence electrons. The fraction of sp³-hybridized carbons (Fsp3) is 0.667. The van der Waals surface area contributed by atoms with Gasteiger partial charge in [0.1, 0.15) is 0 Å². The van der Waals surface area contributed by atoms with Crippen LogP contribution in [0, 0.1) is 5.92 Å². The maximum absolute atomic E-state index is 11.3. The number of amides is 1. The van der Waals surface area contributed by atoms with Gasteiger partial charge in [0.2, 0.25) is 5.91 Å². The number of hydrogen-bond acceptors (Lipinski definition) is 4. The molecule has 1 unspecified atom stereocenters. The number of nitrogens with two attached hydrogens (primary N) is 1. The van der Waals surface area contributed by atoms with Crippen molar-refractivity contribution in [2.24, 2.45) is 16.6 Å². The number of benzene rings is 1. The summed E-state index contributed by atoms with van der Waals surface area (Å²) in [6.07, 6.45) is 6.62. The molecule has 2 aliphatic heterocycles. The van der Waals surface area contributed by atoms with E-state index in [4.69, 9.17) is 5.73 Å². The van der Waals surface area contributed by atoms with Crippen LogP contribution in [0.15, 0.2) is 29.3 Å². The number of carbonyl (C=O) groups is 1. The van der Waals surface area contributed by atoms with E-state index in [2.05, 4.69) is 56.6 Å². The van der Waals surface area contributed by atoms with E-state index in [9.17, 15) is 4.79 Å². The van der Waals surface area contributed by atoms with Gasteiger partial charge >= 0.3 is 0 Å². The third-order valence-corrected chi connectivity index (χ3v) is 6.60. The molecule has 1 aromatic carbocycles. The second-order valence-corrected chi connectivity index (χ2v) is 8.88. The molecule has 4 N–H and O–H groups in total. The summed E-state index contributed by atoms with van der Waals surface area (Å²) in [4.78, 5) is 20.6. The summed E-state index contributed by atoms with van der Waals surface area (Å²) in [7, 11) is 1.82. The van der Waals surface area contributed by atoms with E-state index >= 15 is 0 Å². The standard InChI is InChI=1S/C24H40N6O.HI/c1-19(21-8-7-9-22(18-21)30-14-5-6-15-30)28-24(26-2)27-12-3-4-13-29-16-10-20(11-17-29)23(25)31;/h7-9,18-20H,3-6,10-17H2,1-2H3,(H2,25,31)(H2,26,27,28);1H. The van der Waals surface area contributed by atoms with E-state index in [0.717, 1.165) is 70.9 Å². The molecule has 2 heterocycles. The maximum Gasteiger partial charge on any atom is 0.220 e. The molecule has 8 heteroatoms. The minimum absolute atomic E-state index is 0. The summed E-state index contributed by atoms with van der Waals surface area (Å²) in [5.74, 6) is 0.784. The number of guanidine groups is 1. The van der Waals surface area contributed by atoms with Crippen LogP contribution in [0.2, 0.25) is 0 Å². The Labute approximate surface area is 210 Å². The van der Waals surface area contributed by atoms with Crippen LogP contribution in [0.3, 0.4) is 0 Å². The summed E-state index contributed by atoms with van der Waals surface area (Å²) in [5, 5.41) is 6.97. The van der Waals surface area contributed by atoms with Gasteiger partial charge in [0.05, 0.1) is 6.04 Å². The van der Waals surface area contributed by atoms with E-state index in [-0.39, 0.29) is 41.8 Å². The number of hydrogen-bond donors (Lipinski definition) is 3. The Balaban J connectivity index is 0.00000363. The Kier molecular flexibility index (Phi) is 11.6. The Bertz CT molecular complexity index is 729. The fourth-order valence-corrected chi connectivity index (χ4v) is 4.56. The quantitative estimate of drug-likeness (QED) is 0.189. The zero-order valence-electron chi connectivity index (χ0n) is 19.7. The minimum atomic E-state index is -0.139. The molecular formula is C24H41IN6O. The van der Waals surface area contributed by atoms with Gasteiger partial charge in [-0.15, -0.1) is 24.0 Å². The molecule has 0 aliphatic carbocycles. The molecule has 1 atom stereocenters. The molecule has 0 spiro atoms. The molecule has 1 amide bonds. The lowest BCUT2D eigenvalue weighted by Gasteiger charge is -2.30. The van der Waals surface area contributed by atoms with Crippen LogP contribution in [-0.4, -0.2) is 63.1 Å². The van der Waals surface area contributed by atoms with Gasteiger partial charge in [-0.2, -0.15) is 0 Å². The van der Waals surface area contributed by atoms with Gasteiger partial charge in [-0.3, -0.25) is 9.79 Å². The molecule has 1 aromatic rings. The molecule has 3 rings (SSSR count). The number of nitrogens with one attached hydrogen (secondary N) is 2. The third kappa shape index (κ3) is 8.10. The predicted octanol–water partition coefficient (Wildman–Crippen LogP) is 3.11. The highest BCUT2D eigenvalue weighted by molar-refractivity contribution is 14.0. The summed E-state index contributed by atoms with van der Waals surface area (Å²) >= 11 is 0. The van der Waals surface area contributed by atoms with Gasteiger partial charge in [-0.25, -0.2) is 0 Å². The summed E-state index contributed by atoms with van der Waals surface area (Å²) in [5.41, 5.74) is 8.03. The second-order valence-electron chi connectivity index (χ2n) is 8.88. The average molecular weight is 557 g/mol. The van der Waals surface area contributed by atoms with Crippen molar-refractivity contribution < 1.29 is 4.79 Å². The van der Waals surface area contributed by atoms with Crippen LogP contribution < -0.4 is 21.3 Å². The molecule has 0 bridgehead atoms. The fourth-order valence-electron chi connectivity index (χ4n) is 4.56. The number of anilines is 1. The lowest BCUT2D eigenvalue weighted by Crippen LogP contribution is -2.40. The number of likely N-dealkylation sites (tertiary alicyclic amines) is 1. The van der Waals surface area contributed by atoms with Crippen LogP contribution >= 0.6 is 24.0 Å². The minimum Gasteiger partial charge on any atom is -0.372 e. The van der Waals surface area contributed by atoms with Crippen molar-refractivity contribution in [3.63, 3.8) is 0 Å². The van der Waals surface area contributed by atoms with Crippen molar-refractivity contribution in [3.05, 3.63) is 29.8 Å². The topological polar surface area (TPSA) is 86.0 Å². The van der Waals surface area contributed by atoms with Gasteiger partial charge in [0, 0.05) is 38.3 Å². The highest BCUT2D eigenvalue weighted by atomic mass is 127. The number of aliphatic imine (C=N–C) groups is 1. The lowest BCUT2D eigenvalue weighted by molar-refractivity contribution is -0.123. The molecule has 0 aromatic heterocycles. The summed E-state index contributed by atoms with van der Waals surface area (Å²) < 4.78 is 0. The maximum atomic E-state index is 11.3. The molecular weight excluding hydrogens is 515 g/mol. The predicted molar refractivity (Wildman–Crippen MR) is 144 cm³/mol. The summed E-state index contributed by atoms with van der Waals surface area (Å²) in [6, 6.07) is 9.05. The highest BCUT2D eigenvalue weighted by Crippen LogP contribution is 2.24. The Morgan fingerprint density at radius 3 is 2.56 bits per heavy atom. The van der Waals surface area contributed by atoms with E-state index in [1.54, 1.807) is 0 Å². The van der Waals surface area contributed by atoms with Gasteiger partial charge in [-0.1, -0.05) is 12.1 Å². The number of unbranched alkanes of at least 4 members (excludes halogenated alkanes) is 1. The zero-order valence-corrected chi connectivity index (χ0v) is 22.0. The molecule has 7 nitrogen and oxygen atoms in total. The number of carbonyl (C=O) groups excluding carboxylic acids is 1. The van der Waals surface area contributed by atoms with Crippen molar-refractivity contribution in [1.29, 1.82) is 0 Å². The molecule has 0 radical (unpaired) electrons. The van der Waals surface area contributed by atoms with E-state index in [0.29, 0.717) is 0 Å². The van der Waals surface area contributed by atoms with Crippen LogP contribution in [-0.2, 0) is 4.79 Å². The van der Waals surface area contributed by atoms with Crippen molar-refractivity contribution >= 4 is 41.5 Å². The molecule has 32 heavy (non-hydrogen) atoms. The number of primary amides is 1. The normalized spacial score (nSPS) is 18.8. The first-order valence-electron chi connectivity index (χ1n) is 11.9. The number of piperidine rings is 1. The Morgan fingerprint density at radius 1 is 1.19 bits per heavy atom. The smallest absolute Gasteiger partial charge is 0.220 e. The van der Waals surface area contributed by atoms with Gasteiger partial charge < -0.3 is 26.2 Å². The molecule has 2 fully saturated rings. The molecule has 2 saturated heterocycles. The Morgan fingerprint density at radius 2 is 1.91 bits per heavy atom. The van der Waals surface area contributed by atoms with Gasteiger partial charge in [0.25, 0.3) is 0 Å². The van der Waals surface area contributed by atoms with Crippen LogP contribution in [0.5, 0.6) is 0 Å². The first-order chi connectivity index (χ1) is 15.1. The number of halogens is 1. The monoisotopic (exact) mass is 556 g/mol. The van der Waals surface area contributed by atoms with Crippen LogP contribution in [0.25, 0.3) is 0 Å². The van der Waals surface area contributed by atoms with Crippen LogP contribution in [0.1, 0.15) is 57.1 Å². The largest absolute Gasteiger partial charge is 0.372 e. The first kappa shape index (κ1) is 26.7. The lowest BCUT2D eigenvalue weighted by atomic mass is 9.96. The van der Waals surface area contributed by atoms with E-state index < -0.39 is 0 Å². The second kappa shape index (κ2) is 13.9. The van der Waals surface area contributed by atoms with Crippen LogP contribution in [0.4, 0.5) is 5.69 Å². The van der Waals surface area contributed by atoms with E-state index in [1.807, 2.05) is 7.05 Å². The highest BCUT2D eigenvalue weighted by Gasteiger charge is 2.22. The van der Waals surface area contributed by atoms with Gasteiger partial charge in [0.15, 0.2) is 5.96 Å². The average Bonchev–Trinajstić information content (AvgIpc) is 3.33. The zero-order chi connectivity index (χ0) is 22.1. The van der Waals surface area contributed by atoms with Crippen molar-refractivity contribution in [2.75, 3.05) is 51.2 Å². The van der Waals surface area contributed by atoms with Crippen molar-refractivity contribution in [3.8, 4) is 0 Å². The third-order valence-electron chi connectivity index (χ3n) is 6.60. The van der Waals surface area contributed by atoms with Crippen molar-refractivity contribution in [2.45, 2.75) is 51.5 Å².